The number of carbonyl (C=O) groups excluding carboxylic acids is 2. The zero-order valence-electron chi connectivity index (χ0n) is 15.6. The maximum absolute atomic E-state index is 12.3. The topological polar surface area (TPSA) is 94.8 Å². The molecule has 0 spiro atoms. The second-order valence-electron chi connectivity index (χ2n) is 9.56. The Hall–Kier alpha value is -1.04. The third-order valence-corrected chi connectivity index (χ3v) is 8.44. The number of rotatable bonds is 2. The molecule has 0 saturated heterocycles. The van der Waals surface area contributed by atoms with Crippen molar-refractivity contribution < 1.29 is 24.9 Å². The minimum atomic E-state index is -1.00. The van der Waals surface area contributed by atoms with Gasteiger partial charge in [0, 0.05) is 17.8 Å². The van der Waals surface area contributed by atoms with Gasteiger partial charge in [-0.05, 0) is 61.3 Å². The normalized spacial score (nSPS) is 50.5. The van der Waals surface area contributed by atoms with Gasteiger partial charge in [0.15, 0.2) is 11.6 Å². The van der Waals surface area contributed by atoms with Crippen LogP contribution in [0.4, 0.5) is 0 Å². The van der Waals surface area contributed by atoms with Gasteiger partial charge in [-0.2, -0.15) is 0 Å². The van der Waals surface area contributed by atoms with Gasteiger partial charge in [-0.1, -0.05) is 19.4 Å². The zero-order valence-corrected chi connectivity index (χ0v) is 15.6. The molecule has 0 aromatic heterocycles. The van der Waals surface area contributed by atoms with Crippen molar-refractivity contribution in [1.29, 1.82) is 0 Å². The number of hydrogen-bond acceptors (Lipinski definition) is 5. The van der Waals surface area contributed by atoms with E-state index < -0.39 is 18.8 Å². The van der Waals surface area contributed by atoms with Crippen LogP contribution in [0.25, 0.3) is 0 Å². The Morgan fingerprint density at radius 3 is 2.65 bits per heavy atom. The third-order valence-electron chi connectivity index (χ3n) is 8.44. The van der Waals surface area contributed by atoms with E-state index in [4.69, 9.17) is 0 Å². The third kappa shape index (κ3) is 2.33. The number of fused-ring (bicyclic) bond motifs is 5. The van der Waals surface area contributed by atoms with Crippen LogP contribution in [0.3, 0.4) is 0 Å². The molecule has 0 radical (unpaired) electrons. The minimum absolute atomic E-state index is 0.00000331. The Bertz CT molecular complexity index is 669. The quantitative estimate of drug-likeness (QED) is 0.649. The molecule has 3 N–H and O–H groups in total. The molecule has 4 aliphatic rings. The van der Waals surface area contributed by atoms with Gasteiger partial charge in [0.1, 0.15) is 12.7 Å². The molecule has 144 valence electrons. The first kappa shape index (κ1) is 18.3. The Balaban J connectivity index is 1.71. The van der Waals surface area contributed by atoms with Crippen LogP contribution in [0, 0.1) is 34.5 Å². The second-order valence-corrected chi connectivity index (χ2v) is 9.56. The minimum Gasteiger partial charge on any atom is -0.393 e. The highest BCUT2D eigenvalue weighted by molar-refractivity contribution is 5.87. The van der Waals surface area contributed by atoms with Crippen LogP contribution in [0.15, 0.2) is 11.6 Å². The van der Waals surface area contributed by atoms with Gasteiger partial charge in [0.05, 0.1) is 6.10 Å². The molecular weight excluding hydrogens is 332 g/mol. The van der Waals surface area contributed by atoms with E-state index in [9.17, 15) is 24.9 Å². The fraction of sp³-hybridized carbons (Fsp3) is 0.810. The number of ketones is 2. The van der Waals surface area contributed by atoms with E-state index >= 15 is 0 Å². The molecular formula is C21H30O5. The van der Waals surface area contributed by atoms with Crippen molar-refractivity contribution in [3.8, 4) is 0 Å². The van der Waals surface area contributed by atoms with E-state index in [1.165, 1.54) is 0 Å². The van der Waals surface area contributed by atoms with Crippen molar-refractivity contribution in [3.63, 3.8) is 0 Å². The van der Waals surface area contributed by atoms with E-state index in [1.807, 2.05) is 0 Å². The average Bonchev–Trinajstić information content (AvgIpc) is 2.91. The number of hydrogen-bond donors (Lipinski definition) is 3. The van der Waals surface area contributed by atoms with Gasteiger partial charge in [-0.25, -0.2) is 0 Å². The monoisotopic (exact) mass is 362 g/mol. The largest absolute Gasteiger partial charge is 0.393 e. The van der Waals surface area contributed by atoms with Crippen molar-refractivity contribution in [2.45, 2.75) is 64.6 Å². The number of carbonyl (C=O) groups is 2. The molecule has 0 heterocycles. The summed E-state index contributed by atoms with van der Waals surface area (Å²) in [6.07, 6.45) is 4.51. The predicted molar refractivity (Wildman–Crippen MR) is 95.1 cm³/mol. The van der Waals surface area contributed by atoms with Crippen LogP contribution >= 0.6 is 0 Å². The van der Waals surface area contributed by atoms with Crippen molar-refractivity contribution in [3.05, 3.63) is 11.6 Å². The summed E-state index contributed by atoms with van der Waals surface area (Å²) >= 11 is 0. The molecule has 3 saturated carbocycles. The van der Waals surface area contributed by atoms with Crippen LogP contribution in [0.5, 0.6) is 0 Å². The van der Waals surface area contributed by atoms with E-state index in [2.05, 4.69) is 13.8 Å². The first-order valence-electron chi connectivity index (χ1n) is 9.96. The van der Waals surface area contributed by atoms with Gasteiger partial charge in [0.2, 0.25) is 0 Å². The Morgan fingerprint density at radius 1 is 1.23 bits per heavy atom. The fourth-order valence-corrected chi connectivity index (χ4v) is 7.37. The lowest BCUT2D eigenvalue weighted by molar-refractivity contribution is -0.150. The number of allylic oxidation sites excluding steroid dienone is 1. The van der Waals surface area contributed by atoms with Crippen molar-refractivity contribution in [1.82, 2.24) is 0 Å². The van der Waals surface area contributed by atoms with Crippen LogP contribution in [-0.4, -0.2) is 45.7 Å². The summed E-state index contributed by atoms with van der Waals surface area (Å²) in [5.74, 6) is 0.200. The zero-order chi connectivity index (χ0) is 18.9. The fourth-order valence-electron chi connectivity index (χ4n) is 7.37. The van der Waals surface area contributed by atoms with E-state index in [1.54, 1.807) is 6.08 Å². The van der Waals surface area contributed by atoms with Crippen molar-refractivity contribution in [2.75, 3.05) is 6.61 Å². The molecule has 26 heavy (non-hydrogen) atoms. The summed E-state index contributed by atoms with van der Waals surface area (Å²) in [6.45, 7) is 3.77. The highest BCUT2D eigenvalue weighted by atomic mass is 16.3. The Labute approximate surface area is 154 Å². The summed E-state index contributed by atoms with van der Waals surface area (Å²) < 4.78 is 0. The van der Waals surface area contributed by atoms with Crippen molar-refractivity contribution in [2.24, 2.45) is 34.5 Å². The summed E-state index contributed by atoms with van der Waals surface area (Å²) in [5, 5.41) is 30.5. The molecule has 0 bridgehead atoms. The maximum atomic E-state index is 12.3. The number of Topliss-reactive ketones (excluding diaryl/α,β-unsaturated/α-hetero) is 2. The standard InChI is InChI=1S/C21H30O5/c1-20-8-16(24)15(23)7-11(20)3-4-12-13-5-6-14(18(26)10-22)21(13,2)9-17(25)19(12)20/h7,12-15,17,19,22-23,25H,3-6,8-10H2,1-2H3/t12-,13-,14+,15?,17-,19+,20-,21-/m0/s1. The van der Waals surface area contributed by atoms with E-state index in [-0.39, 0.29) is 40.2 Å². The van der Waals surface area contributed by atoms with Gasteiger partial charge in [0.25, 0.3) is 0 Å². The average molecular weight is 362 g/mol. The lowest BCUT2D eigenvalue weighted by Crippen LogP contribution is -2.58. The predicted octanol–water partition coefficient (Wildman–Crippen LogP) is 1.64. The summed E-state index contributed by atoms with van der Waals surface area (Å²) in [5.41, 5.74) is 0.462. The molecule has 0 aromatic rings. The van der Waals surface area contributed by atoms with E-state index in [0.29, 0.717) is 18.8 Å². The van der Waals surface area contributed by atoms with Crippen LogP contribution in [0.2, 0.25) is 0 Å². The second kappa shape index (κ2) is 5.98. The first-order chi connectivity index (χ1) is 12.2. The van der Waals surface area contributed by atoms with Crippen LogP contribution in [0.1, 0.15) is 52.4 Å². The first-order valence-corrected chi connectivity index (χ1v) is 9.96. The van der Waals surface area contributed by atoms with Crippen molar-refractivity contribution >= 4 is 11.6 Å². The highest BCUT2D eigenvalue weighted by Gasteiger charge is 2.63. The summed E-state index contributed by atoms with van der Waals surface area (Å²) in [6, 6.07) is 0. The summed E-state index contributed by atoms with van der Waals surface area (Å²) in [4.78, 5) is 24.6. The molecule has 3 fully saturated rings. The Kier molecular flexibility index (Phi) is 4.22. The number of aliphatic hydroxyl groups is 3. The number of aliphatic hydroxyl groups excluding tert-OH is 3. The molecule has 0 aromatic carbocycles. The SMILES string of the molecule is C[C@]12C[C@H](O)[C@H]3[C@@H](CCC4=CC(O)C(=O)C[C@@]43C)[C@@H]1CC[C@@H]2C(=O)CO. The lowest BCUT2D eigenvalue weighted by atomic mass is 9.45. The molecule has 8 atom stereocenters. The highest BCUT2D eigenvalue weighted by Crippen LogP contribution is 2.66. The van der Waals surface area contributed by atoms with Gasteiger partial charge in [-0.15, -0.1) is 0 Å². The molecule has 1 unspecified atom stereocenters. The van der Waals surface area contributed by atoms with Crippen LogP contribution < -0.4 is 0 Å². The molecule has 0 amide bonds. The lowest BCUT2D eigenvalue weighted by Gasteiger charge is -2.59. The summed E-state index contributed by atoms with van der Waals surface area (Å²) in [7, 11) is 0. The maximum Gasteiger partial charge on any atom is 0.166 e. The van der Waals surface area contributed by atoms with Gasteiger partial charge in [-0.3, -0.25) is 9.59 Å². The molecule has 5 heteroatoms. The van der Waals surface area contributed by atoms with E-state index in [0.717, 1.165) is 31.3 Å². The van der Waals surface area contributed by atoms with Crippen LogP contribution in [-0.2, 0) is 9.59 Å². The Morgan fingerprint density at radius 2 is 1.96 bits per heavy atom. The molecule has 4 aliphatic carbocycles. The molecule has 5 nitrogen and oxygen atoms in total. The van der Waals surface area contributed by atoms with Gasteiger partial charge < -0.3 is 15.3 Å². The molecule has 0 aliphatic heterocycles. The smallest absolute Gasteiger partial charge is 0.166 e. The van der Waals surface area contributed by atoms with Gasteiger partial charge >= 0.3 is 0 Å². The molecule has 4 rings (SSSR count).